The maximum Gasteiger partial charge on any atom is 0.320 e. The third-order valence-electron chi connectivity index (χ3n) is 2.61. The van der Waals surface area contributed by atoms with Crippen molar-refractivity contribution in [3.8, 4) is 5.75 Å². The largest absolute Gasteiger partial charge is 0.486 e. The summed E-state index contributed by atoms with van der Waals surface area (Å²) >= 11 is 0. The summed E-state index contributed by atoms with van der Waals surface area (Å²) in [4.78, 5) is 14.3. The number of carboxylic acid groups (broad SMARTS) is 1. The van der Waals surface area contributed by atoms with E-state index in [0.29, 0.717) is 11.3 Å². The second-order valence-electron chi connectivity index (χ2n) is 4.03. The van der Waals surface area contributed by atoms with Gasteiger partial charge in [-0.1, -0.05) is 12.1 Å². The van der Waals surface area contributed by atoms with Gasteiger partial charge in [-0.15, -0.1) is 0 Å². The van der Waals surface area contributed by atoms with Gasteiger partial charge in [0.2, 0.25) is 0 Å². The number of rotatable bonds is 6. The number of benzene rings is 1. The first kappa shape index (κ1) is 14.0. The SMILES string of the molecule is O=C(O)Cc1ccc(OCc2nccn2C(F)F)cc1. The third kappa shape index (κ3) is 3.53. The summed E-state index contributed by atoms with van der Waals surface area (Å²) in [5, 5.41) is 8.63. The van der Waals surface area contributed by atoms with Gasteiger partial charge < -0.3 is 9.84 Å². The highest BCUT2D eigenvalue weighted by molar-refractivity contribution is 5.70. The lowest BCUT2D eigenvalue weighted by Crippen LogP contribution is -2.07. The Balaban J connectivity index is 1.97. The van der Waals surface area contributed by atoms with Gasteiger partial charge in [0, 0.05) is 12.4 Å². The first-order valence-corrected chi connectivity index (χ1v) is 5.79. The fraction of sp³-hybridized carbons (Fsp3) is 0.231. The first-order chi connectivity index (χ1) is 9.56. The van der Waals surface area contributed by atoms with Crippen LogP contribution in [-0.4, -0.2) is 20.6 Å². The highest BCUT2D eigenvalue weighted by Gasteiger charge is 2.11. The molecule has 0 amide bonds. The van der Waals surface area contributed by atoms with E-state index in [1.165, 1.54) is 12.4 Å². The molecule has 0 radical (unpaired) electrons. The van der Waals surface area contributed by atoms with E-state index in [-0.39, 0.29) is 18.9 Å². The molecule has 0 spiro atoms. The van der Waals surface area contributed by atoms with Crippen LogP contribution in [0.4, 0.5) is 8.78 Å². The molecule has 2 aromatic rings. The van der Waals surface area contributed by atoms with Crippen molar-refractivity contribution >= 4 is 5.97 Å². The Morgan fingerprint density at radius 2 is 2.05 bits per heavy atom. The fourth-order valence-electron chi connectivity index (χ4n) is 1.66. The van der Waals surface area contributed by atoms with Crippen LogP contribution in [0.25, 0.3) is 0 Å². The molecule has 0 unspecified atom stereocenters. The summed E-state index contributed by atoms with van der Waals surface area (Å²) in [6, 6.07) is 6.41. The number of aliphatic carboxylic acids is 1. The standard InChI is InChI=1S/C13H12F2N2O3/c14-13(15)17-6-5-16-11(17)8-20-10-3-1-9(2-4-10)7-12(18)19/h1-6,13H,7-8H2,(H,18,19). The molecule has 7 heteroatoms. The Morgan fingerprint density at radius 1 is 1.35 bits per heavy atom. The van der Waals surface area contributed by atoms with Gasteiger partial charge in [0.15, 0.2) is 5.82 Å². The van der Waals surface area contributed by atoms with Crippen molar-refractivity contribution in [3.63, 3.8) is 0 Å². The van der Waals surface area contributed by atoms with E-state index in [1.54, 1.807) is 24.3 Å². The van der Waals surface area contributed by atoms with Crippen LogP contribution in [0.3, 0.4) is 0 Å². The van der Waals surface area contributed by atoms with E-state index >= 15 is 0 Å². The number of imidazole rings is 1. The van der Waals surface area contributed by atoms with Crippen LogP contribution in [0.5, 0.6) is 5.75 Å². The van der Waals surface area contributed by atoms with Crippen LogP contribution in [0.1, 0.15) is 17.9 Å². The number of nitrogens with zero attached hydrogens (tertiary/aromatic N) is 2. The summed E-state index contributed by atoms with van der Waals surface area (Å²) in [7, 11) is 0. The van der Waals surface area contributed by atoms with Crippen LogP contribution >= 0.6 is 0 Å². The Hall–Kier alpha value is -2.44. The molecule has 0 aliphatic rings. The number of hydrogen-bond donors (Lipinski definition) is 1. The Bertz CT molecular complexity index is 582. The van der Waals surface area contributed by atoms with Gasteiger partial charge in [-0.2, -0.15) is 8.78 Å². The predicted molar refractivity (Wildman–Crippen MR) is 65.6 cm³/mol. The molecular formula is C13H12F2N2O3. The lowest BCUT2D eigenvalue weighted by Gasteiger charge is -2.08. The van der Waals surface area contributed by atoms with E-state index in [4.69, 9.17) is 9.84 Å². The van der Waals surface area contributed by atoms with Crippen LogP contribution in [0, 0.1) is 0 Å². The molecule has 1 aromatic heterocycles. The van der Waals surface area contributed by atoms with Crippen molar-refractivity contribution in [1.29, 1.82) is 0 Å². The van der Waals surface area contributed by atoms with Crippen LogP contribution in [0.2, 0.25) is 0 Å². The quantitative estimate of drug-likeness (QED) is 0.884. The molecule has 106 valence electrons. The van der Waals surface area contributed by atoms with Gasteiger partial charge >= 0.3 is 12.5 Å². The van der Waals surface area contributed by atoms with Crippen LogP contribution < -0.4 is 4.74 Å². The number of halogens is 2. The maximum atomic E-state index is 12.6. The summed E-state index contributed by atoms with van der Waals surface area (Å²) in [6.07, 6.45) is 2.39. The van der Waals surface area contributed by atoms with Gasteiger partial charge in [0.1, 0.15) is 12.4 Å². The molecule has 5 nitrogen and oxygen atoms in total. The molecule has 1 aromatic carbocycles. The highest BCUT2D eigenvalue weighted by Crippen LogP contribution is 2.16. The van der Waals surface area contributed by atoms with Gasteiger partial charge in [-0.25, -0.2) is 4.98 Å². The lowest BCUT2D eigenvalue weighted by atomic mass is 10.1. The molecule has 0 fully saturated rings. The molecular weight excluding hydrogens is 270 g/mol. The zero-order chi connectivity index (χ0) is 14.5. The number of carboxylic acids is 1. The molecule has 1 heterocycles. The van der Waals surface area contributed by atoms with Crippen molar-refractivity contribution in [3.05, 3.63) is 48.0 Å². The highest BCUT2D eigenvalue weighted by atomic mass is 19.3. The van der Waals surface area contributed by atoms with E-state index in [1.807, 2.05) is 0 Å². The minimum atomic E-state index is -2.66. The Labute approximate surface area is 113 Å². The van der Waals surface area contributed by atoms with E-state index < -0.39 is 12.5 Å². The molecule has 0 saturated heterocycles. The smallest absolute Gasteiger partial charge is 0.320 e. The minimum absolute atomic E-state index is 0.0733. The molecule has 0 saturated carbocycles. The number of ether oxygens (including phenoxy) is 1. The molecule has 0 bridgehead atoms. The normalized spacial score (nSPS) is 10.8. The number of aromatic nitrogens is 2. The van der Waals surface area contributed by atoms with Crippen LogP contribution in [-0.2, 0) is 17.8 Å². The first-order valence-electron chi connectivity index (χ1n) is 5.79. The second kappa shape index (κ2) is 6.14. The van der Waals surface area contributed by atoms with E-state index in [0.717, 1.165) is 4.57 Å². The molecule has 0 atom stereocenters. The van der Waals surface area contributed by atoms with Gasteiger partial charge in [-0.05, 0) is 17.7 Å². The number of hydrogen-bond acceptors (Lipinski definition) is 3. The van der Waals surface area contributed by atoms with Crippen LogP contribution in [0.15, 0.2) is 36.7 Å². The summed E-state index contributed by atoms with van der Waals surface area (Å²) in [5.74, 6) is -0.338. The minimum Gasteiger partial charge on any atom is -0.486 e. The molecule has 20 heavy (non-hydrogen) atoms. The summed E-state index contributed by atoms with van der Waals surface area (Å²) in [5.41, 5.74) is 0.638. The predicted octanol–water partition coefficient (Wildman–Crippen LogP) is 2.48. The number of carbonyl (C=O) groups is 1. The third-order valence-corrected chi connectivity index (χ3v) is 2.61. The second-order valence-corrected chi connectivity index (χ2v) is 4.03. The average Bonchev–Trinajstić information content (AvgIpc) is 2.86. The van der Waals surface area contributed by atoms with E-state index in [9.17, 15) is 13.6 Å². The van der Waals surface area contributed by atoms with Gasteiger partial charge in [0.05, 0.1) is 6.42 Å². The molecule has 0 aliphatic heterocycles. The molecule has 0 aliphatic carbocycles. The average molecular weight is 282 g/mol. The Kier molecular flexibility index (Phi) is 4.29. The fourth-order valence-corrected chi connectivity index (χ4v) is 1.66. The topological polar surface area (TPSA) is 64.3 Å². The van der Waals surface area contributed by atoms with Crippen molar-refractivity contribution in [2.45, 2.75) is 19.6 Å². The molecule has 1 N–H and O–H groups in total. The lowest BCUT2D eigenvalue weighted by molar-refractivity contribution is -0.136. The molecule has 2 rings (SSSR count). The van der Waals surface area contributed by atoms with Crippen molar-refractivity contribution in [2.75, 3.05) is 0 Å². The number of alkyl halides is 2. The zero-order valence-electron chi connectivity index (χ0n) is 10.4. The van der Waals surface area contributed by atoms with Gasteiger partial charge in [0.25, 0.3) is 0 Å². The monoisotopic (exact) mass is 282 g/mol. The Morgan fingerprint density at radius 3 is 2.65 bits per heavy atom. The summed E-state index contributed by atoms with van der Waals surface area (Å²) < 4.78 is 31.2. The van der Waals surface area contributed by atoms with Crippen molar-refractivity contribution in [2.24, 2.45) is 0 Å². The summed E-state index contributed by atoms with van der Waals surface area (Å²) in [6.45, 7) is -2.75. The van der Waals surface area contributed by atoms with Crippen molar-refractivity contribution < 1.29 is 23.4 Å². The zero-order valence-corrected chi connectivity index (χ0v) is 10.4. The van der Waals surface area contributed by atoms with Crippen molar-refractivity contribution in [1.82, 2.24) is 9.55 Å². The maximum absolute atomic E-state index is 12.6. The van der Waals surface area contributed by atoms with E-state index in [2.05, 4.69) is 4.98 Å². The van der Waals surface area contributed by atoms with Gasteiger partial charge in [-0.3, -0.25) is 9.36 Å².